The molecular formula is C18H22N4O5S. The van der Waals surface area contributed by atoms with E-state index in [9.17, 15) is 14.9 Å². The summed E-state index contributed by atoms with van der Waals surface area (Å²) in [5.74, 6) is 0.336. The summed E-state index contributed by atoms with van der Waals surface area (Å²) in [4.78, 5) is 27.2. The van der Waals surface area contributed by atoms with Gasteiger partial charge in [0.05, 0.1) is 34.9 Å². The van der Waals surface area contributed by atoms with E-state index in [0.29, 0.717) is 40.9 Å². The Morgan fingerprint density at radius 1 is 1.39 bits per heavy atom. The second-order valence-corrected chi connectivity index (χ2v) is 6.76. The average Bonchev–Trinajstić information content (AvgIpc) is 3.01. The molecule has 1 N–H and O–H groups in total. The Morgan fingerprint density at radius 3 is 2.71 bits per heavy atom. The number of carbonyl (C=O) groups is 1. The fraction of sp³-hybridized carbons (Fsp3) is 0.389. The molecule has 9 nitrogen and oxygen atoms in total. The van der Waals surface area contributed by atoms with Crippen molar-refractivity contribution in [2.75, 3.05) is 18.6 Å². The molecule has 0 bridgehead atoms. The van der Waals surface area contributed by atoms with Crippen molar-refractivity contribution >= 4 is 34.2 Å². The lowest BCUT2D eigenvalue weighted by Crippen LogP contribution is -2.04. The Balaban J connectivity index is 2.29. The summed E-state index contributed by atoms with van der Waals surface area (Å²) >= 11 is 1.20. The molecule has 0 aliphatic rings. The topological polar surface area (TPSA) is 116 Å². The normalized spacial score (nSPS) is 10.9. The second-order valence-electron chi connectivity index (χ2n) is 5.77. The average molecular weight is 406 g/mol. The first-order valence-corrected chi connectivity index (χ1v) is 9.54. The van der Waals surface area contributed by atoms with Crippen LogP contribution in [0.4, 0.5) is 10.8 Å². The van der Waals surface area contributed by atoms with E-state index < -0.39 is 4.92 Å². The molecule has 0 unspecified atom stereocenters. The van der Waals surface area contributed by atoms with Gasteiger partial charge in [-0.25, -0.2) is 4.98 Å². The third-order valence-electron chi connectivity index (χ3n) is 3.49. The van der Waals surface area contributed by atoms with Gasteiger partial charge in [0, 0.05) is 18.6 Å². The van der Waals surface area contributed by atoms with Gasteiger partial charge in [0.2, 0.25) is 10.9 Å². The summed E-state index contributed by atoms with van der Waals surface area (Å²) in [5, 5.41) is 16.0. The molecule has 0 spiro atoms. The molecular weight excluding hydrogens is 384 g/mol. The van der Waals surface area contributed by atoms with Crippen LogP contribution in [0.1, 0.15) is 48.1 Å². The number of thiazole rings is 1. The van der Waals surface area contributed by atoms with Gasteiger partial charge in [0.15, 0.2) is 11.5 Å². The highest BCUT2D eigenvalue weighted by molar-refractivity contribution is 7.17. The minimum atomic E-state index is -0.512. The van der Waals surface area contributed by atoms with Crippen LogP contribution < -0.4 is 14.9 Å². The molecule has 0 fully saturated rings. The molecule has 0 saturated carbocycles. The number of nitro groups is 1. The van der Waals surface area contributed by atoms with Gasteiger partial charge in [-0.2, -0.15) is 5.10 Å². The van der Waals surface area contributed by atoms with E-state index in [1.54, 1.807) is 19.9 Å². The maximum absolute atomic E-state index is 11.5. The first-order chi connectivity index (χ1) is 13.4. The standard InChI is InChI=1S/C18H22N4O5S/c1-5-7-27-16-14(22(24)25)8-13(9-15(16)26-6-2)10-19-21-18-20-11(3)17(28-18)12(4)23/h8-10H,5-7H2,1-4H3,(H,20,21)/b19-10-. The van der Waals surface area contributed by atoms with E-state index in [1.807, 2.05) is 6.92 Å². The maximum Gasteiger partial charge on any atom is 0.315 e. The van der Waals surface area contributed by atoms with Crippen molar-refractivity contribution in [1.82, 2.24) is 4.98 Å². The van der Waals surface area contributed by atoms with E-state index in [0.717, 1.165) is 0 Å². The minimum absolute atomic E-state index is 0.0633. The quantitative estimate of drug-likeness (QED) is 0.272. The van der Waals surface area contributed by atoms with E-state index in [1.165, 1.54) is 30.5 Å². The number of aromatic nitrogens is 1. The molecule has 150 valence electrons. The fourth-order valence-corrected chi connectivity index (χ4v) is 3.17. The van der Waals surface area contributed by atoms with E-state index in [-0.39, 0.29) is 23.0 Å². The summed E-state index contributed by atoms with van der Waals surface area (Å²) in [6, 6.07) is 2.99. The van der Waals surface area contributed by atoms with Crippen LogP contribution in [0, 0.1) is 17.0 Å². The van der Waals surface area contributed by atoms with E-state index in [2.05, 4.69) is 15.5 Å². The number of nitrogens with one attached hydrogen (secondary N) is 1. The van der Waals surface area contributed by atoms with Crippen molar-refractivity contribution in [2.45, 2.75) is 34.1 Å². The minimum Gasteiger partial charge on any atom is -0.490 e. The molecule has 0 aliphatic heterocycles. The van der Waals surface area contributed by atoms with Crippen LogP contribution in [0.15, 0.2) is 17.2 Å². The lowest BCUT2D eigenvalue weighted by molar-refractivity contribution is -0.386. The third kappa shape index (κ3) is 5.26. The second kappa shape index (κ2) is 9.79. The SMILES string of the molecule is CCCOc1c(OCC)cc(/C=N\Nc2nc(C)c(C(C)=O)s2)cc1[N+](=O)[O-]. The zero-order valence-corrected chi connectivity index (χ0v) is 17.0. The Labute approximate surface area is 166 Å². The highest BCUT2D eigenvalue weighted by Gasteiger charge is 2.22. The van der Waals surface area contributed by atoms with E-state index in [4.69, 9.17) is 9.47 Å². The number of nitrogens with zero attached hydrogens (tertiary/aromatic N) is 3. The number of hydrogen-bond acceptors (Lipinski definition) is 9. The van der Waals surface area contributed by atoms with Crippen LogP contribution in [0.25, 0.3) is 0 Å². The molecule has 0 radical (unpaired) electrons. The number of hydrogen-bond donors (Lipinski definition) is 1. The van der Waals surface area contributed by atoms with Crippen molar-refractivity contribution in [2.24, 2.45) is 5.10 Å². The maximum atomic E-state index is 11.5. The van der Waals surface area contributed by atoms with Gasteiger partial charge in [-0.05, 0) is 26.3 Å². The monoisotopic (exact) mass is 406 g/mol. The summed E-state index contributed by atoms with van der Waals surface area (Å²) in [5.41, 5.74) is 3.64. The van der Waals surface area contributed by atoms with Gasteiger partial charge in [-0.3, -0.25) is 20.3 Å². The zero-order valence-electron chi connectivity index (χ0n) is 16.1. The molecule has 0 aliphatic carbocycles. The van der Waals surface area contributed by atoms with Crippen LogP contribution >= 0.6 is 11.3 Å². The predicted molar refractivity (Wildman–Crippen MR) is 108 cm³/mol. The Morgan fingerprint density at radius 2 is 2.14 bits per heavy atom. The zero-order chi connectivity index (χ0) is 20.7. The molecule has 2 rings (SSSR count). The number of carbonyl (C=O) groups excluding carboxylic acids is 1. The number of Topliss-reactive ketones (excluding diaryl/α,β-unsaturated/α-hetero) is 1. The first kappa shape index (κ1) is 21.3. The van der Waals surface area contributed by atoms with Crippen molar-refractivity contribution < 1.29 is 19.2 Å². The fourth-order valence-electron chi connectivity index (χ4n) is 2.36. The third-order valence-corrected chi connectivity index (χ3v) is 4.66. The van der Waals surface area contributed by atoms with Gasteiger partial charge < -0.3 is 9.47 Å². The van der Waals surface area contributed by atoms with Crippen molar-refractivity contribution in [3.63, 3.8) is 0 Å². The number of ether oxygens (including phenoxy) is 2. The largest absolute Gasteiger partial charge is 0.490 e. The first-order valence-electron chi connectivity index (χ1n) is 8.72. The molecule has 28 heavy (non-hydrogen) atoms. The van der Waals surface area contributed by atoms with Crippen molar-refractivity contribution in [3.05, 3.63) is 38.4 Å². The number of nitro benzene ring substituents is 1. The predicted octanol–water partition coefficient (Wildman–Crippen LogP) is 4.20. The molecule has 1 aromatic carbocycles. The molecule has 2 aromatic rings. The number of rotatable bonds is 10. The van der Waals surface area contributed by atoms with Crippen LogP contribution in [-0.4, -0.2) is 35.1 Å². The Hall–Kier alpha value is -3.01. The molecule has 1 aromatic heterocycles. The summed E-state index contributed by atoms with van der Waals surface area (Å²) < 4.78 is 11.0. The molecule has 10 heteroatoms. The molecule has 0 amide bonds. The van der Waals surface area contributed by atoms with Crippen LogP contribution in [-0.2, 0) is 0 Å². The highest BCUT2D eigenvalue weighted by Crippen LogP contribution is 2.38. The van der Waals surface area contributed by atoms with Gasteiger partial charge in [-0.15, -0.1) is 0 Å². The van der Waals surface area contributed by atoms with Gasteiger partial charge in [0.25, 0.3) is 0 Å². The summed E-state index contributed by atoms with van der Waals surface area (Å²) in [6.45, 7) is 7.60. The van der Waals surface area contributed by atoms with Gasteiger partial charge in [-0.1, -0.05) is 18.3 Å². The number of benzene rings is 1. The highest BCUT2D eigenvalue weighted by atomic mass is 32.1. The van der Waals surface area contributed by atoms with E-state index >= 15 is 0 Å². The van der Waals surface area contributed by atoms with Crippen molar-refractivity contribution in [3.8, 4) is 11.5 Å². The van der Waals surface area contributed by atoms with Crippen LogP contribution in [0.3, 0.4) is 0 Å². The number of ketones is 1. The van der Waals surface area contributed by atoms with Crippen molar-refractivity contribution in [1.29, 1.82) is 0 Å². The van der Waals surface area contributed by atoms with Crippen LogP contribution in [0.5, 0.6) is 11.5 Å². The molecule has 0 saturated heterocycles. The Bertz CT molecular complexity index is 894. The Kier molecular flexibility index (Phi) is 7.44. The van der Waals surface area contributed by atoms with Gasteiger partial charge in [0.1, 0.15) is 0 Å². The molecule has 1 heterocycles. The summed E-state index contributed by atoms with van der Waals surface area (Å²) in [6.07, 6.45) is 2.13. The number of hydrazone groups is 1. The lowest BCUT2D eigenvalue weighted by atomic mass is 10.2. The van der Waals surface area contributed by atoms with Crippen LogP contribution in [0.2, 0.25) is 0 Å². The number of anilines is 1. The lowest BCUT2D eigenvalue weighted by Gasteiger charge is -2.12. The smallest absolute Gasteiger partial charge is 0.315 e. The summed E-state index contributed by atoms with van der Waals surface area (Å²) in [7, 11) is 0. The molecule has 0 atom stereocenters. The number of aryl methyl sites for hydroxylation is 1. The van der Waals surface area contributed by atoms with Gasteiger partial charge >= 0.3 is 5.69 Å².